The van der Waals surface area contributed by atoms with E-state index < -0.39 is 0 Å². The van der Waals surface area contributed by atoms with E-state index in [4.69, 9.17) is 27.9 Å². The van der Waals surface area contributed by atoms with Crippen molar-refractivity contribution >= 4 is 23.2 Å². The third-order valence-electron chi connectivity index (χ3n) is 2.14. The minimum Gasteiger partial charge on any atom is -0.490 e. The molecule has 0 heterocycles. The first-order valence-corrected chi connectivity index (χ1v) is 5.12. The molecule has 1 aliphatic carbocycles. The first-order chi connectivity index (χ1) is 6.24. The first-order valence-electron chi connectivity index (χ1n) is 4.30. The van der Waals surface area contributed by atoms with Crippen LogP contribution in [0.2, 0.25) is 5.02 Å². The fourth-order valence-corrected chi connectivity index (χ4v) is 1.91. The zero-order valence-corrected chi connectivity index (χ0v) is 8.55. The molecule has 1 saturated carbocycles. The molecule has 1 fully saturated rings. The van der Waals surface area contributed by atoms with Crippen LogP contribution in [-0.4, -0.2) is 11.5 Å². The summed E-state index contributed by atoms with van der Waals surface area (Å²) in [7, 11) is 0. The molecule has 13 heavy (non-hydrogen) atoms. The van der Waals surface area contributed by atoms with Gasteiger partial charge in [0.15, 0.2) is 0 Å². The Kier molecular flexibility index (Phi) is 2.66. The molecule has 0 unspecified atom stereocenters. The van der Waals surface area contributed by atoms with Crippen molar-refractivity contribution in [3.8, 4) is 5.75 Å². The van der Waals surface area contributed by atoms with Crippen molar-refractivity contribution in [1.82, 2.24) is 0 Å². The summed E-state index contributed by atoms with van der Waals surface area (Å²) < 4.78 is 5.63. The molecule has 3 heteroatoms. The van der Waals surface area contributed by atoms with Gasteiger partial charge in [-0.05, 0) is 18.2 Å². The Morgan fingerprint density at radius 3 is 2.69 bits per heavy atom. The number of halogens is 2. The van der Waals surface area contributed by atoms with Crippen molar-refractivity contribution in [2.75, 3.05) is 0 Å². The Bertz CT molecular complexity index is 295. The molecule has 0 spiro atoms. The quantitative estimate of drug-likeness (QED) is 0.689. The highest BCUT2D eigenvalue weighted by Gasteiger charge is 2.28. The van der Waals surface area contributed by atoms with Crippen molar-refractivity contribution < 1.29 is 4.74 Å². The van der Waals surface area contributed by atoms with E-state index in [0.717, 1.165) is 18.6 Å². The molecule has 1 aromatic rings. The normalized spacial score (nSPS) is 26.6. The van der Waals surface area contributed by atoms with Gasteiger partial charge in [-0.1, -0.05) is 17.7 Å². The summed E-state index contributed by atoms with van der Waals surface area (Å²) in [6.07, 6.45) is 2.16. The van der Waals surface area contributed by atoms with Gasteiger partial charge in [-0.15, -0.1) is 11.6 Å². The molecule has 0 amide bonds. The number of alkyl halides is 1. The van der Waals surface area contributed by atoms with E-state index in [-0.39, 0.29) is 6.10 Å². The molecule has 0 saturated heterocycles. The third-order valence-corrected chi connectivity index (χ3v) is 2.73. The maximum atomic E-state index is 5.84. The Morgan fingerprint density at radius 2 is 2.08 bits per heavy atom. The zero-order chi connectivity index (χ0) is 9.26. The number of ether oxygens (including phenoxy) is 1. The van der Waals surface area contributed by atoms with Gasteiger partial charge in [0.05, 0.1) is 0 Å². The topological polar surface area (TPSA) is 9.23 Å². The lowest BCUT2D eigenvalue weighted by Crippen LogP contribution is -2.34. The van der Waals surface area contributed by atoms with Crippen LogP contribution in [0.25, 0.3) is 0 Å². The predicted octanol–water partition coefficient (Wildman–Crippen LogP) is 3.49. The lowest BCUT2D eigenvalue weighted by molar-refractivity contribution is 0.124. The van der Waals surface area contributed by atoms with Crippen LogP contribution < -0.4 is 4.74 Å². The van der Waals surface area contributed by atoms with Crippen molar-refractivity contribution in [3.63, 3.8) is 0 Å². The molecule has 0 N–H and O–H groups in total. The number of hydrogen-bond donors (Lipinski definition) is 0. The van der Waals surface area contributed by atoms with E-state index in [1.165, 1.54) is 0 Å². The Labute approximate surface area is 87.6 Å². The summed E-state index contributed by atoms with van der Waals surface area (Å²) in [5.74, 6) is 0.834. The molecule has 0 atom stereocenters. The van der Waals surface area contributed by atoms with Crippen molar-refractivity contribution in [2.45, 2.75) is 24.3 Å². The van der Waals surface area contributed by atoms with Gasteiger partial charge in [0, 0.05) is 23.2 Å². The van der Waals surface area contributed by atoms with E-state index in [0.29, 0.717) is 10.4 Å². The second-order valence-corrected chi connectivity index (χ2v) is 4.32. The smallest absolute Gasteiger partial charge is 0.121 e. The molecule has 1 aliphatic rings. The van der Waals surface area contributed by atoms with Crippen LogP contribution in [0.15, 0.2) is 24.3 Å². The average molecular weight is 217 g/mol. The van der Waals surface area contributed by atoms with Crippen LogP contribution in [0.5, 0.6) is 5.75 Å². The van der Waals surface area contributed by atoms with Crippen LogP contribution in [0.3, 0.4) is 0 Å². The number of hydrogen-bond acceptors (Lipinski definition) is 1. The van der Waals surface area contributed by atoms with E-state index in [2.05, 4.69) is 0 Å². The fourth-order valence-electron chi connectivity index (χ4n) is 1.33. The molecule has 0 bridgehead atoms. The van der Waals surface area contributed by atoms with Crippen LogP contribution in [0.4, 0.5) is 0 Å². The van der Waals surface area contributed by atoms with Crippen LogP contribution in [0, 0.1) is 0 Å². The minimum atomic E-state index is 0.279. The van der Waals surface area contributed by atoms with E-state index in [1.54, 1.807) is 0 Å². The SMILES string of the molecule is Clc1cccc(OC2CC(Cl)C2)c1. The number of rotatable bonds is 2. The summed E-state index contributed by atoms with van der Waals surface area (Å²) in [5, 5.41) is 1.00. The highest BCUT2D eigenvalue weighted by Crippen LogP contribution is 2.30. The molecular formula is C10H10Cl2O. The van der Waals surface area contributed by atoms with Gasteiger partial charge < -0.3 is 4.74 Å². The molecular weight excluding hydrogens is 207 g/mol. The van der Waals surface area contributed by atoms with Crippen molar-refractivity contribution in [2.24, 2.45) is 0 Å². The summed E-state index contributed by atoms with van der Waals surface area (Å²) in [5.41, 5.74) is 0. The highest BCUT2D eigenvalue weighted by molar-refractivity contribution is 6.30. The Hall–Kier alpha value is -0.400. The second kappa shape index (κ2) is 3.77. The van der Waals surface area contributed by atoms with Gasteiger partial charge in [-0.3, -0.25) is 0 Å². The Balaban J connectivity index is 1.94. The summed E-state index contributed by atoms with van der Waals surface area (Å²) >= 11 is 11.6. The number of benzene rings is 1. The average Bonchev–Trinajstić information content (AvgIpc) is 2.01. The molecule has 2 rings (SSSR count). The fraction of sp³-hybridized carbons (Fsp3) is 0.400. The summed E-state index contributed by atoms with van der Waals surface area (Å²) in [4.78, 5) is 0. The van der Waals surface area contributed by atoms with Crippen LogP contribution in [-0.2, 0) is 0 Å². The third kappa shape index (κ3) is 2.29. The van der Waals surface area contributed by atoms with E-state index >= 15 is 0 Å². The molecule has 0 aromatic heterocycles. The van der Waals surface area contributed by atoms with Gasteiger partial charge >= 0.3 is 0 Å². The molecule has 0 radical (unpaired) electrons. The molecule has 70 valence electrons. The van der Waals surface area contributed by atoms with E-state index in [9.17, 15) is 0 Å². The standard InChI is InChI=1S/C10H10Cl2O/c11-7-2-1-3-9(4-7)13-10-5-8(12)6-10/h1-4,8,10H,5-6H2. The van der Waals surface area contributed by atoms with Crippen molar-refractivity contribution in [1.29, 1.82) is 0 Å². The van der Waals surface area contributed by atoms with Gasteiger partial charge in [-0.2, -0.15) is 0 Å². The predicted molar refractivity (Wildman–Crippen MR) is 54.7 cm³/mol. The second-order valence-electron chi connectivity index (χ2n) is 3.27. The molecule has 0 aliphatic heterocycles. The monoisotopic (exact) mass is 216 g/mol. The first kappa shape index (κ1) is 9.17. The lowest BCUT2D eigenvalue weighted by Gasteiger charge is -2.31. The van der Waals surface area contributed by atoms with Gasteiger partial charge in [0.1, 0.15) is 11.9 Å². The summed E-state index contributed by atoms with van der Waals surface area (Å²) in [6.45, 7) is 0. The van der Waals surface area contributed by atoms with Crippen molar-refractivity contribution in [3.05, 3.63) is 29.3 Å². The maximum absolute atomic E-state index is 5.84. The van der Waals surface area contributed by atoms with Gasteiger partial charge in [0.2, 0.25) is 0 Å². The van der Waals surface area contributed by atoms with Gasteiger partial charge in [0.25, 0.3) is 0 Å². The largest absolute Gasteiger partial charge is 0.490 e. The van der Waals surface area contributed by atoms with Gasteiger partial charge in [-0.25, -0.2) is 0 Å². The maximum Gasteiger partial charge on any atom is 0.121 e. The van der Waals surface area contributed by atoms with Crippen LogP contribution in [0.1, 0.15) is 12.8 Å². The minimum absolute atomic E-state index is 0.279. The highest BCUT2D eigenvalue weighted by atomic mass is 35.5. The molecule has 1 nitrogen and oxygen atoms in total. The molecule has 1 aromatic carbocycles. The summed E-state index contributed by atoms with van der Waals surface area (Å²) in [6, 6.07) is 7.45. The lowest BCUT2D eigenvalue weighted by atomic mass is 9.95. The van der Waals surface area contributed by atoms with E-state index in [1.807, 2.05) is 24.3 Å². The zero-order valence-electron chi connectivity index (χ0n) is 7.04. The van der Waals surface area contributed by atoms with Crippen LogP contribution >= 0.6 is 23.2 Å². The Morgan fingerprint density at radius 1 is 1.31 bits per heavy atom.